The van der Waals surface area contributed by atoms with Crippen LogP contribution in [0.15, 0.2) is 42.9 Å². The minimum atomic E-state index is 0.834. The molecule has 20 heavy (non-hydrogen) atoms. The van der Waals surface area contributed by atoms with Gasteiger partial charge >= 0.3 is 0 Å². The molecule has 3 rings (SSSR count). The molecule has 0 fully saturated rings. The van der Waals surface area contributed by atoms with Gasteiger partial charge in [-0.05, 0) is 17.7 Å². The Labute approximate surface area is 117 Å². The number of hydrogen-bond donors (Lipinski definition) is 1. The van der Waals surface area contributed by atoms with Crippen molar-refractivity contribution in [3.05, 3.63) is 54.2 Å². The lowest BCUT2D eigenvalue weighted by molar-refractivity contribution is 0.655. The zero-order chi connectivity index (χ0) is 13.8. The number of nitrogens with one attached hydrogen (secondary N) is 1. The molecule has 5 nitrogen and oxygen atoms in total. The van der Waals surface area contributed by atoms with Crippen molar-refractivity contribution in [3.63, 3.8) is 0 Å². The number of aryl methyl sites for hydroxylation is 1. The van der Waals surface area contributed by atoms with Crippen LogP contribution in [0.2, 0.25) is 0 Å². The fourth-order valence-corrected chi connectivity index (χ4v) is 2.27. The summed E-state index contributed by atoms with van der Waals surface area (Å²) < 4.78 is 1.95. The average Bonchev–Trinajstić information content (AvgIpc) is 2.89. The molecule has 0 aliphatic heterocycles. The lowest BCUT2D eigenvalue weighted by Crippen LogP contribution is -2.18. The molecule has 2 heterocycles. The number of nitrogens with zero attached hydrogens (tertiary/aromatic N) is 4. The molecule has 3 aromatic rings. The van der Waals surface area contributed by atoms with Crippen molar-refractivity contribution in [1.29, 1.82) is 0 Å². The molecule has 5 heteroatoms. The van der Waals surface area contributed by atoms with Gasteiger partial charge in [0, 0.05) is 38.1 Å². The third-order valence-corrected chi connectivity index (χ3v) is 3.39. The summed E-state index contributed by atoms with van der Waals surface area (Å²) >= 11 is 0. The molecule has 0 aliphatic rings. The zero-order valence-corrected chi connectivity index (χ0v) is 11.5. The van der Waals surface area contributed by atoms with E-state index in [1.807, 2.05) is 36.0 Å². The molecule has 0 atom stereocenters. The van der Waals surface area contributed by atoms with Crippen molar-refractivity contribution < 1.29 is 0 Å². The maximum atomic E-state index is 4.37. The summed E-state index contributed by atoms with van der Waals surface area (Å²) in [5, 5.41) is 12.6. The van der Waals surface area contributed by atoms with Crippen LogP contribution in [0.5, 0.6) is 0 Å². The van der Waals surface area contributed by atoms with E-state index in [2.05, 4.69) is 32.6 Å². The van der Waals surface area contributed by atoms with Gasteiger partial charge in [0.1, 0.15) is 12.2 Å². The lowest BCUT2D eigenvalue weighted by Gasteiger charge is -2.07. The maximum Gasteiger partial charge on any atom is 0.133 e. The second-order valence-electron chi connectivity index (χ2n) is 4.77. The van der Waals surface area contributed by atoms with E-state index in [9.17, 15) is 0 Å². The van der Waals surface area contributed by atoms with Gasteiger partial charge in [0.15, 0.2) is 0 Å². The van der Waals surface area contributed by atoms with Gasteiger partial charge in [0.05, 0.1) is 5.52 Å². The van der Waals surface area contributed by atoms with Gasteiger partial charge in [-0.1, -0.05) is 18.2 Å². The van der Waals surface area contributed by atoms with E-state index < -0.39 is 0 Å². The third kappa shape index (κ3) is 2.67. The molecule has 0 spiro atoms. The van der Waals surface area contributed by atoms with Crippen molar-refractivity contribution >= 4 is 10.9 Å². The predicted molar refractivity (Wildman–Crippen MR) is 78.2 cm³/mol. The first-order valence-electron chi connectivity index (χ1n) is 6.71. The van der Waals surface area contributed by atoms with Crippen LogP contribution in [0.4, 0.5) is 0 Å². The first-order chi connectivity index (χ1) is 9.84. The van der Waals surface area contributed by atoms with Gasteiger partial charge in [-0.15, -0.1) is 10.2 Å². The topological polar surface area (TPSA) is 55.6 Å². The molecule has 0 saturated heterocycles. The summed E-state index contributed by atoms with van der Waals surface area (Å²) in [5.41, 5.74) is 2.31. The van der Waals surface area contributed by atoms with Crippen LogP contribution in [0.25, 0.3) is 10.9 Å². The summed E-state index contributed by atoms with van der Waals surface area (Å²) in [4.78, 5) is 4.37. The minimum absolute atomic E-state index is 0.834. The second kappa shape index (κ2) is 5.79. The molecular formula is C15H17N5. The normalized spacial score (nSPS) is 11.1. The van der Waals surface area contributed by atoms with Crippen molar-refractivity contribution in [2.24, 2.45) is 7.05 Å². The number of aromatic nitrogens is 4. The van der Waals surface area contributed by atoms with E-state index in [1.54, 1.807) is 6.33 Å². The molecule has 0 unspecified atom stereocenters. The van der Waals surface area contributed by atoms with Crippen LogP contribution in [-0.2, 0) is 20.0 Å². The quantitative estimate of drug-likeness (QED) is 0.715. The zero-order valence-electron chi connectivity index (χ0n) is 11.5. The van der Waals surface area contributed by atoms with Gasteiger partial charge in [0.25, 0.3) is 0 Å². The summed E-state index contributed by atoms with van der Waals surface area (Å²) in [6.45, 7) is 1.71. The Balaban J connectivity index is 1.62. The van der Waals surface area contributed by atoms with Crippen LogP contribution in [0.3, 0.4) is 0 Å². The molecule has 2 aromatic heterocycles. The highest BCUT2D eigenvalue weighted by Crippen LogP contribution is 2.15. The molecule has 0 aliphatic carbocycles. The van der Waals surface area contributed by atoms with Crippen LogP contribution in [0, 0.1) is 0 Å². The lowest BCUT2D eigenvalue weighted by atomic mass is 10.1. The largest absolute Gasteiger partial charge is 0.321 e. The Morgan fingerprint density at radius 1 is 1.20 bits per heavy atom. The summed E-state index contributed by atoms with van der Waals surface area (Å²) in [7, 11) is 1.96. The fourth-order valence-electron chi connectivity index (χ4n) is 2.27. The van der Waals surface area contributed by atoms with Crippen molar-refractivity contribution in [2.45, 2.75) is 13.0 Å². The SMILES string of the molecule is Cn1cnnc1CCNCc1ccnc2ccccc12. The first kappa shape index (κ1) is 12.7. The molecule has 1 N–H and O–H groups in total. The Bertz CT molecular complexity index is 699. The Morgan fingerprint density at radius 2 is 2.10 bits per heavy atom. The highest BCUT2D eigenvalue weighted by molar-refractivity contribution is 5.81. The highest BCUT2D eigenvalue weighted by atomic mass is 15.2. The maximum absolute atomic E-state index is 4.37. The van der Waals surface area contributed by atoms with E-state index in [0.717, 1.165) is 30.9 Å². The van der Waals surface area contributed by atoms with Crippen molar-refractivity contribution in [2.75, 3.05) is 6.54 Å². The van der Waals surface area contributed by atoms with Crippen LogP contribution < -0.4 is 5.32 Å². The van der Waals surface area contributed by atoms with Crippen molar-refractivity contribution in [3.8, 4) is 0 Å². The minimum Gasteiger partial charge on any atom is -0.321 e. The molecule has 0 bridgehead atoms. The first-order valence-corrected chi connectivity index (χ1v) is 6.71. The van der Waals surface area contributed by atoms with Gasteiger partial charge < -0.3 is 9.88 Å². The molecule has 102 valence electrons. The monoisotopic (exact) mass is 267 g/mol. The van der Waals surface area contributed by atoms with E-state index >= 15 is 0 Å². The molecule has 0 radical (unpaired) electrons. The van der Waals surface area contributed by atoms with E-state index in [4.69, 9.17) is 0 Å². The number of hydrogen-bond acceptors (Lipinski definition) is 4. The number of pyridine rings is 1. The fraction of sp³-hybridized carbons (Fsp3) is 0.267. The van der Waals surface area contributed by atoms with Gasteiger partial charge in [0.2, 0.25) is 0 Å². The number of benzene rings is 1. The van der Waals surface area contributed by atoms with Crippen molar-refractivity contribution in [1.82, 2.24) is 25.1 Å². The number of rotatable bonds is 5. The average molecular weight is 267 g/mol. The van der Waals surface area contributed by atoms with E-state index in [-0.39, 0.29) is 0 Å². The van der Waals surface area contributed by atoms with E-state index in [0.29, 0.717) is 0 Å². The Hall–Kier alpha value is -2.27. The summed E-state index contributed by atoms with van der Waals surface area (Å²) in [6, 6.07) is 10.3. The van der Waals surface area contributed by atoms with E-state index in [1.165, 1.54) is 10.9 Å². The standard InChI is InChI=1S/C15H17N5/c1-20-11-18-19-15(20)7-8-16-10-12-6-9-17-14-5-3-2-4-13(12)14/h2-6,9,11,16H,7-8,10H2,1H3. The third-order valence-electron chi connectivity index (χ3n) is 3.39. The van der Waals surface area contributed by atoms with Gasteiger partial charge in [-0.2, -0.15) is 0 Å². The Morgan fingerprint density at radius 3 is 2.95 bits per heavy atom. The summed E-state index contributed by atoms with van der Waals surface area (Å²) in [6.07, 6.45) is 4.47. The number of para-hydroxylation sites is 1. The molecule has 1 aromatic carbocycles. The number of fused-ring (bicyclic) bond motifs is 1. The highest BCUT2D eigenvalue weighted by Gasteiger charge is 2.02. The molecule has 0 amide bonds. The second-order valence-corrected chi connectivity index (χ2v) is 4.77. The molecule has 0 saturated carbocycles. The summed E-state index contributed by atoms with van der Waals surface area (Å²) in [5.74, 6) is 0.997. The Kier molecular flexibility index (Phi) is 3.69. The van der Waals surface area contributed by atoms with Crippen LogP contribution in [0.1, 0.15) is 11.4 Å². The van der Waals surface area contributed by atoms with Crippen LogP contribution >= 0.6 is 0 Å². The van der Waals surface area contributed by atoms with Gasteiger partial charge in [-0.25, -0.2) is 0 Å². The predicted octanol–water partition coefficient (Wildman–Crippen LogP) is 1.70. The smallest absolute Gasteiger partial charge is 0.133 e. The van der Waals surface area contributed by atoms with Gasteiger partial charge in [-0.3, -0.25) is 4.98 Å². The molecular weight excluding hydrogens is 250 g/mol. The van der Waals surface area contributed by atoms with Crippen LogP contribution in [-0.4, -0.2) is 26.3 Å².